The Bertz CT molecular complexity index is 1530. The number of rotatable bonds is 7. The number of nitrogens with one attached hydrogen (secondary N) is 1. The maximum absolute atomic E-state index is 13.7. The van der Waals surface area contributed by atoms with E-state index in [1.807, 2.05) is 23.1 Å². The molecule has 8 rings (SSSR count). The topological polar surface area (TPSA) is 123 Å². The summed E-state index contributed by atoms with van der Waals surface area (Å²) in [6, 6.07) is 16.4. The third-order valence-corrected chi connectivity index (χ3v) is 12.6. The summed E-state index contributed by atoms with van der Waals surface area (Å²) in [7, 11) is -2.26. The second-order valence-electron chi connectivity index (χ2n) is 13.5. The molecule has 4 saturated carbocycles. The number of sulfonamides is 1. The van der Waals surface area contributed by atoms with Crippen molar-refractivity contribution in [2.75, 3.05) is 66.8 Å². The van der Waals surface area contributed by atoms with Crippen LogP contribution in [0.5, 0.6) is 0 Å². The van der Waals surface area contributed by atoms with E-state index in [0.29, 0.717) is 57.0 Å². The molecule has 6 aliphatic rings. The number of benzene rings is 2. The summed E-state index contributed by atoms with van der Waals surface area (Å²) < 4.78 is 31.4. The van der Waals surface area contributed by atoms with Gasteiger partial charge in [0.05, 0.1) is 36.3 Å². The molecule has 2 heterocycles. The van der Waals surface area contributed by atoms with Gasteiger partial charge in [-0.15, -0.1) is 0 Å². The van der Waals surface area contributed by atoms with Crippen molar-refractivity contribution in [3.8, 4) is 0 Å². The second-order valence-corrected chi connectivity index (χ2v) is 15.6. The fraction of sp³-hybridized carbons (Fsp3) is 0.576. The van der Waals surface area contributed by atoms with E-state index in [-0.39, 0.29) is 24.2 Å². The first-order chi connectivity index (χ1) is 21.6. The first-order valence-corrected chi connectivity index (χ1v) is 17.8. The van der Waals surface area contributed by atoms with E-state index in [0.717, 1.165) is 54.9 Å². The Hall–Kier alpha value is -3.35. The fourth-order valence-electron chi connectivity index (χ4n) is 8.79. The van der Waals surface area contributed by atoms with Crippen LogP contribution in [-0.2, 0) is 19.6 Å². The van der Waals surface area contributed by atoms with Gasteiger partial charge in [-0.1, -0.05) is 12.1 Å². The molecule has 11 nitrogen and oxygen atoms in total. The third-order valence-electron chi connectivity index (χ3n) is 10.7. The molecule has 0 spiro atoms. The number of para-hydroxylation sites is 2. The molecular formula is C33H43N5O6S. The van der Waals surface area contributed by atoms with Gasteiger partial charge in [0, 0.05) is 56.7 Å². The number of nitrogens with zero attached hydrogens (tertiary/aromatic N) is 4. The van der Waals surface area contributed by atoms with Crippen LogP contribution in [0, 0.1) is 17.8 Å². The van der Waals surface area contributed by atoms with Crippen molar-refractivity contribution in [1.82, 2.24) is 9.62 Å². The number of hydrogen-bond donors (Lipinski definition) is 2. The minimum Gasteiger partial charge on any atom is -0.469 e. The van der Waals surface area contributed by atoms with Gasteiger partial charge < -0.3 is 25.0 Å². The number of ether oxygens (including phenoxy) is 1. The SMILES string of the molecule is COC(=O)CCS(=O)(=O)N1CCN(c2ccc(N3CCN(C(=O)NC4[C@@H]5CC6C[C@H]4CC(O)(C6)C5)c4ccccc43)cc2)CC1. The average Bonchev–Trinajstić information content (AvgIpc) is 3.04. The van der Waals surface area contributed by atoms with Gasteiger partial charge in [0.15, 0.2) is 0 Å². The van der Waals surface area contributed by atoms with Gasteiger partial charge in [0.1, 0.15) is 0 Å². The summed E-state index contributed by atoms with van der Waals surface area (Å²) in [5, 5.41) is 14.4. The molecule has 5 fully saturated rings. The Labute approximate surface area is 265 Å². The smallest absolute Gasteiger partial charge is 0.322 e. The monoisotopic (exact) mass is 637 g/mol. The maximum Gasteiger partial charge on any atom is 0.322 e. The molecule has 45 heavy (non-hydrogen) atoms. The summed E-state index contributed by atoms with van der Waals surface area (Å²) in [5.41, 5.74) is 3.41. The van der Waals surface area contributed by atoms with Crippen LogP contribution in [0.1, 0.15) is 38.5 Å². The number of hydrogen-bond acceptors (Lipinski definition) is 8. The Morgan fingerprint density at radius 2 is 1.53 bits per heavy atom. The predicted molar refractivity (Wildman–Crippen MR) is 172 cm³/mol. The Balaban J connectivity index is 0.992. The number of anilines is 4. The lowest BCUT2D eigenvalue weighted by Crippen LogP contribution is -2.63. The first kappa shape index (κ1) is 30.3. The highest BCUT2D eigenvalue weighted by atomic mass is 32.2. The van der Waals surface area contributed by atoms with Crippen LogP contribution in [0.2, 0.25) is 0 Å². The van der Waals surface area contributed by atoms with Crippen LogP contribution in [0.4, 0.5) is 27.5 Å². The van der Waals surface area contributed by atoms with Crippen LogP contribution in [0.3, 0.4) is 0 Å². The van der Waals surface area contributed by atoms with Crippen LogP contribution in [0.15, 0.2) is 48.5 Å². The minimum absolute atomic E-state index is 0.0478. The summed E-state index contributed by atoms with van der Waals surface area (Å²) in [6.07, 6.45) is 4.60. The van der Waals surface area contributed by atoms with E-state index in [1.54, 1.807) is 0 Å². The average molecular weight is 638 g/mol. The van der Waals surface area contributed by atoms with Crippen molar-refractivity contribution < 1.29 is 27.9 Å². The zero-order valence-corrected chi connectivity index (χ0v) is 26.6. The molecule has 3 unspecified atom stereocenters. The second kappa shape index (κ2) is 11.8. The van der Waals surface area contributed by atoms with Crippen molar-refractivity contribution in [2.45, 2.75) is 50.2 Å². The van der Waals surface area contributed by atoms with Crippen LogP contribution >= 0.6 is 0 Å². The zero-order valence-electron chi connectivity index (χ0n) is 25.8. The molecule has 12 heteroatoms. The van der Waals surface area contributed by atoms with E-state index >= 15 is 0 Å². The van der Waals surface area contributed by atoms with Crippen molar-refractivity contribution in [3.05, 3.63) is 48.5 Å². The van der Waals surface area contributed by atoms with Gasteiger partial charge in [-0.25, -0.2) is 13.2 Å². The molecule has 0 aromatic heterocycles. The molecule has 1 saturated heterocycles. The zero-order chi connectivity index (χ0) is 31.3. The molecule has 242 valence electrons. The van der Waals surface area contributed by atoms with Gasteiger partial charge in [-0.3, -0.25) is 9.69 Å². The van der Waals surface area contributed by atoms with E-state index in [9.17, 15) is 23.1 Å². The van der Waals surface area contributed by atoms with E-state index < -0.39 is 21.6 Å². The molecular weight excluding hydrogens is 594 g/mol. The summed E-state index contributed by atoms with van der Waals surface area (Å²) in [4.78, 5) is 31.4. The minimum atomic E-state index is -3.51. The summed E-state index contributed by atoms with van der Waals surface area (Å²) in [6.45, 7) is 3.09. The Morgan fingerprint density at radius 3 is 2.18 bits per heavy atom. The number of methoxy groups -OCH3 is 1. The molecule has 2 aliphatic heterocycles. The summed E-state index contributed by atoms with van der Waals surface area (Å²) in [5.74, 6) is 0.556. The quantitative estimate of drug-likeness (QED) is 0.444. The van der Waals surface area contributed by atoms with E-state index in [2.05, 4.69) is 50.2 Å². The van der Waals surface area contributed by atoms with Crippen LogP contribution in [-0.4, -0.2) is 93.6 Å². The third kappa shape index (κ3) is 5.88. The van der Waals surface area contributed by atoms with Crippen molar-refractivity contribution in [3.63, 3.8) is 0 Å². The molecule has 2 aromatic carbocycles. The van der Waals surface area contributed by atoms with Crippen LogP contribution in [0.25, 0.3) is 0 Å². The highest BCUT2D eigenvalue weighted by Gasteiger charge is 2.55. The van der Waals surface area contributed by atoms with Gasteiger partial charge >= 0.3 is 12.0 Å². The molecule has 4 aliphatic carbocycles. The molecule has 2 amide bonds. The number of urea groups is 1. The molecule has 2 aromatic rings. The normalized spacial score (nSPS) is 29.4. The standard InChI is InChI=1S/C33H43N5O6S/c1-44-30(39)10-17-45(42,43)36-13-11-35(12-14-36)26-6-8-27(9-7-26)37-15-16-38(29-5-3-2-4-28(29)37)32(40)34-31-24-18-23-19-25(31)22-33(41,20-23)21-24/h2-9,23-25,31,41H,10-22H2,1H3,(H,34,40)/t23?,24-,25+,31?,33?. The Morgan fingerprint density at radius 1 is 0.889 bits per heavy atom. The highest BCUT2D eigenvalue weighted by molar-refractivity contribution is 7.89. The van der Waals surface area contributed by atoms with Gasteiger partial charge in [0.25, 0.3) is 0 Å². The number of esters is 1. The van der Waals surface area contributed by atoms with Crippen molar-refractivity contribution in [2.24, 2.45) is 17.8 Å². The lowest BCUT2D eigenvalue weighted by molar-refractivity contribution is -0.140. The Kier molecular flexibility index (Phi) is 7.94. The van der Waals surface area contributed by atoms with E-state index in [1.165, 1.54) is 11.4 Å². The van der Waals surface area contributed by atoms with Crippen LogP contribution < -0.4 is 20.0 Å². The van der Waals surface area contributed by atoms with Crippen molar-refractivity contribution >= 4 is 44.8 Å². The molecule has 5 atom stereocenters. The van der Waals surface area contributed by atoms with Gasteiger partial charge in [-0.2, -0.15) is 4.31 Å². The number of carbonyl (C=O) groups excluding carboxylic acids is 2. The number of aliphatic hydroxyl groups is 1. The lowest BCUT2D eigenvalue weighted by Gasteiger charge is -2.58. The summed E-state index contributed by atoms with van der Waals surface area (Å²) >= 11 is 0. The lowest BCUT2D eigenvalue weighted by atomic mass is 9.52. The first-order valence-electron chi connectivity index (χ1n) is 16.2. The number of fused-ring (bicyclic) bond motifs is 1. The van der Waals surface area contributed by atoms with Gasteiger partial charge in [-0.05, 0) is 86.3 Å². The van der Waals surface area contributed by atoms with E-state index in [4.69, 9.17) is 0 Å². The predicted octanol–water partition coefficient (Wildman–Crippen LogP) is 3.31. The molecule has 4 bridgehead atoms. The number of carbonyl (C=O) groups is 2. The van der Waals surface area contributed by atoms with Crippen molar-refractivity contribution in [1.29, 1.82) is 0 Å². The molecule has 2 N–H and O–H groups in total. The fourth-order valence-corrected chi connectivity index (χ4v) is 10.2. The number of amides is 2. The van der Waals surface area contributed by atoms with Gasteiger partial charge in [0.2, 0.25) is 10.0 Å². The highest BCUT2D eigenvalue weighted by Crippen LogP contribution is 2.55. The maximum atomic E-state index is 13.7. The number of piperazine rings is 1. The molecule has 0 radical (unpaired) electrons. The largest absolute Gasteiger partial charge is 0.469 e.